The van der Waals surface area contributed by atoms with Crippen LogP contribution in [-0.2, 0) is 19.6 Å². The van der Waals surface area contributed by atoms with Crippen molar-refractivity contribution >= 4 is 15.9 Å². The lowest BCUT2D eigenvalue weighted by atomic mass is 10.1. The van der Waals surface area contributed by atoms with Crippen molar-refractivity contribution in [1.29, 1.82) is 0 Å². The average Bonchev–Trinajstić information content (AvgIpc) is 2.26. The van der Waals surface area contributed by atoms with Gasteiger partial charge in [-0.3, -0.25) is 4.79 Å². The Labute approximate surface area is 118 Å². The van der Waals surface area contributed by atoms with E-state index in [2.05, 4.69) is 0 Å². The minimum atomic E-state index is -4.12. The fourth-order valence-electron chi connectivity index (χ4n) is 1.58. The van der Waals surface area contributed by atoms with Gasteiger partial charge >= 0.3 is 0 Å². The molecular weight excluding hydrogens is 285 g/mol. The molecule has 0 unspecified atom stereocenters. The van der Waals surface area contributed by atoms with Crippen LogP contribution in [-0.4, -0.2) is 26.0 Å². The van der Waals surface area contributed by atoms with Crippen LogP contribution in [0.15, 0.2) is 29.2 Å². The smallest absolute Gasteiger partial charge is 0.265 e. The molecule has 0 atom stereocenters. The van der Waals surface area contributed by atoms with Gasteiger partial charge < -0.3 is 4.74 Å². The Hall–Kier alpha value is -1.47. The van der Waals surface area contributed by atoms with Crippen LogP contribution < -0.4 is 4.72 Å². The number of rotatable bonds is 5. The van der Waals surface area contributed by atoms with Crippen LogP contribution in [0.3, 0.4) is 0 Å². The van der Waals surface area contributed by atoms with Gasteiger partial charge in [-0.15, -0.1) is 0 Å². The lowest BCUT2D eigenvalue weighted by Crippen LogP contribution is -2.47. The maximum atomic E-state index is 13.0. The molecule has 1 N–H and O–H groups in total. The number of halogens is 1. The van der Waals surface area contributed by atoms with Gasteiger partial charge in [0, 0.05) is 0 Å². The van der Waals surface area contributed by atoms with Crippen LogP contribution in [0, 0.1) is 5.82 Å². The summed E-state index contributed by atoms with van der Waals surface area (Å²) in [5.41, 5.74) is -1.31. The molecule has 0 spiro atoms. The highest BCUT2D eigenvalue weighted by Gasteiger charge is 2.33. The molecule has 5 nitrogen and oxygen atoms in total. The summed E-state index contributed by atoms with van der Waals surface area (Å²) in [5, 5.41) is 0. The van der Waals surface area contributed by atoms with Gasteiger partial charge in [-0.2, -0.15) is 0 Å². The quantitative estimate of drug-likeness (QED) is 0.901. The van der Waals surface area contributed by atoms with Crippen LogP contribution in [0.5, 0.6) is 0 Å². The first-order chi connectivity index (χ1) is 9.04. The third kappa shape index (κ3) is 4.28. The maximum Gasteiger partial charge on any atom is 0.265 e. The number of benzene rings is 1. The van der Waals surface area contributed by atoms with Crippen molar-refractivity contribution < 1.29 is 22.3 Å². The number of hydrogen-bond acceptors (Lipinski definition) is 4. The Bertz CT molecular complexity index is 596. The first-order valence-corrected chi connectivity index (χ1v) is 7.53. The number of carbonyl (C=O) groups excluding carboxylic acids is 1. The number of ether oxygens (including phenoxy) is 1. The predicted octanol–water partition coefficient (Wildman–Crippen LogP) is 1.83. The molecular formula is C13H18FNO4S. The highest BCUT2D eigenvalue weighted by molar-refractivity contribution is 7.90. The summed E-state index contributed by atoms with van der Waals surface area (Å²) in [4.78, 5) is 11.7. The molecule has 1 aromatic carbocycles. The molecule has 1 aromatic rings. The molecule has 112 valence electrons. The van der Waals surface area contributed by atoms with Crippen LogP contribution >= 0.6 is 0 Å². The zero-order valence-electron chi connectivity index (χ0n) is 11.8. The number of carbonyl (C=O) groups is 1. The van der Waals surface area contributed by atoms with Gasteiger partial charge in [0.2, 0.25) is 0 Å². The van der Waals surface area contributed by atoms with Crippen molar-refractivity contribution in [2.45, 2.75) is 44.3 Å². The largest absolute Gasteiger partial charge is 0.363 e. The van der Waals surface area contributed by atoms with E-state index in [4.69, 9.17) is 4.74 Å². The summed E-state index contributed by atoms with van der Waals surface area (Å²) in [6.45, 7) is 6.39. The third-order valence-corrected chi connectivity index (χ3v) is 3.74. The summed E-state index contributed by atoms with van der Waals surface area (Å²) in [7, 11) is -4.12. The van der Waals surface area contributed by atoms with E-state index in [0.717, 1.165) is 12.1 Å². The van der Waals surface area contributed by atoms with Gasteiger partial charge in [0.25, 0.3) is 15.9 Å². The van der Waals surface area contributed by atoms with Gasteiger partial charge in [-0.25, -0.2) is 17.5 Å². The van der Waals surface area contributed by atoms with E-state index in [9.17, 15) is 17.6 Å². The second kappa shape index (κ2) is 5.88. The molecule has 0 heterocycles. The van der Waals surface area contributed by atoms with E-state index in [1.807, 2.05) is 4.72 Å². The maximum absolute atomic E-state index is 13.0. The molecule has 0 aliphatic heterocycles. The summed E-state index contributed by atoms with van der Waals surface area (Å²) in [5.74, 6) is -1.51. The standard InChI is InChI=1S/C13H18FNO4S/c1-9(2)19-13(3,4)12(16)15-20(17,18)11-7-5-6-10(14)8-11/h5-9H,1-4H3,(H,15,16). The van der Waals surface area contributed by atoms with E-state index in [1.165, 1.54) is 26.0 Å². The molecule has 0 aromatic heterocycles. The zero-order valence-corrected chi connectivity index (χ0v) is 12.6. The molecule has 7 heteroatoms. The molecule has 0 radical (unpaired) electrons. The summed E-state index contributed by atoms with van der Waals surface area (Å²) >= 11 is 0. The molecule has 1 amide bonds. The molecule has 20 heavy (non-hydrogen) atoms. The van der Waals surface area contributed by atoms with Crippen molar-refractivity contribution in [2.75, 3.05) is 0 Å². The first-order valence-electron chi connectivity index (χ1n) is 6.05. The van der Waals surface area contributed by atoms with E-state index in [-0.39, 0.29) is 11.0 Å². The number of amides is 1. The number of hydrogen-bond donors (Lipinski definition) is 1. The molecule has 1 rings (SSSR count). The lowest BCUT2D eigenvalue weighted by Gasteiger charge is -2.26. The van der Waals surface area contributed by atoms with Crippen molar-refractivity contribution in [1.82, 2.24) is 4.72 Å². The monoisotopic (exact) mass is 303 g/mol. The van der Waals surface area contributed by atoms with E-state index in [0.29, 0.717) is 0 Å². The number of sulfonamides is 1. The summed E-state index contributed by atoms with van der Waals surface area (Å²) in [6, 6.07) is 4.41. The van der Waals surface area contributed by atoms with Gasteiger partial charge in [0.1, 0.15) is 11.4 Å². The number of nitrogens with one attached hydrogen (secondary N) is 1. The van der Waals surface area contributed by atoms with E-state index < -0.39 is 27.3 Å². The van der Waals surface area contributed by atoms with Crippen molar-refractivity contribution in [3.63, 3.8) is 0 Å². The minimum absolute atomic E-state index is 0.243. The summed E-state index contributed by atoms with van der Waals surface area (Å²) in [6.07, 6.45) is -0.243. The SMILES string of the molecule is CC(C)OC(C)(C)C(=O)NS(=O)(=O)c1cccc(F)c1. The van der Waals surface area contributed by atoms with Crippen LogP contribution in [0.2, 0.25) is 0 Å². The Morgan fingerprint density at radius 3 is 2.45 bits per heavy atom. The molecule has 0 aliphatic carbocycles. The van der Waals surface area contributed by atoms with Crippen LogP contribution in [0.1, 0.15) is 27.7 Å². The highest BCUT2D eigenvalue weighted by Crippen LogP contribution is 2.15. The topological polar surface area (TPSA) is 72.5 Å². The Morgan fingerprint density at radius 1 is 1.35 bits per heavy atom. The van der Waals surface area contributed by atoms with Gasteiger partial charge in [0.15, 0.2) is 0 Å². The average molecular weight is 303 g/mol. The second-order valence-electron chi connectivity index (χ2n) is 5.07. The zero-order chi connectivity index (χ0) is 15.6. The third-order valence-electron chi connectivity index (χ3n) is 2.41. The Morgan fingerprint density at radius 2 is 1.95 bits per heavy atom. The second-order valence-corrected chi connectivity index (χ2v) is 6.75. The normalized spacial score (nSPS) is 12.5. The molecule has 0 aliphatic rings. The van der Waals surface area contributed by atoms with Gasteiger partial charge in [-0.1, -0.05) is 6.07 Å². The fraction of sp³-hybridized carbons (Fsp3) is 0.462. The first kappa shape index (κ1) is 16.6. The Kier molecular flexibility index (Phi) is 4.88. The molecule has 0 fully saturated rings. The van der Waals surface area contributed by atoms with Crippen molar-refractivity contribution in [3.8, 4) is 0 Å². The van der Waals surface area contributed by atoms with Crippen LogP contribution in [0.25, 0.3) is 0 Å². The van der Waals surface area contributed by atoms with Crippen molar-refractivity contribution in [3.05, 3.63) is 30.1 Å². The highest BCUT2D eigenvalue weighted by atomic mass is 32.2. The predicted molar refractivity (Wildman–Crippen MR) is 72.0 cm³/mol. The lowest BCUT2D eigenvalue weighted by molar-refractivity contribution is -0.145. The molecule has 0 saturated heterocycles. The Balaban J connectivity index is 2.94. The van der Waals surface area contributed by atoms with Gasteiger partial charge in [0.05, 0.1) is 11.0 Å². The minimum Gasteiger partial charge on any atom is -0.363 e. The van der Waals surface area contributed by atoms with E-state index in [1.54, 1.807) is 13.8 Å². The molecule has 0 saturated carbocycles. The van der Waals surface area contributed by atoms with E-state index >= 15 is 0 Å². The van der Waals surface area contributed by atoms with Crippen LogP contribution in [0.4, 0.5) is 4.39 Å². The van der Waals surface area contributed by atoms with Gasteiger partial charge in [-0.05, 0) is 45.9 Å². The molecule has 0 bridgehead atoms. The van der Waals surface area contributed by atoms with Crippen molar-refractivity contribution in [2.24, 2.45) is 0 Å². The summed E-state index contributed by atoms with van der Waals surface area (Å²) < 4.78 is 44.2. The fourth-order valence-corrected chi connectivity index (χ4v) is 2.71.